The lowest BCUT2D eigenvalue weighted by atomic mass is 9.88. The van der Waals surface area contributed by atoms with Gasteiger partial charge in [0, 0.05) is 44.7 Å². The maximum absolute atomic E-state index is 15.2. The van der Waals surface area contributed by atoms with Crippen LogP contribution in [0.15, 0.2) is 60.9 Å². The molecule has 222 valence electrons. The van der Waals surface area contributed by atoms with Crippen LogP contribution in [0.5, 0.6) is 17.4 Å². The Morgan fingerprint density at radius 1 is 0.907 bits per heavy atom. The summed E-state index contributed by atoms with van der Waals surface area (Å²) < 4.78 is 45.4. The van der Waals surface area contributed by atoms with E-state index >= 15 is 4.39 Å². The number of halogens is 2. The Kier molecular flexibility index (Phi) is 8.35. The first-order chi connectivity index (χ1) is 20.9. The van der Waals surface area contributed by atoms with E-state index in [2.05, 4.69) is 19.9 Å². The largest absolute Gasteiger partial charge is 0.475 e. The minimum Gasteiger partial charge on any atom is -0.475 e. The second-order valence-electron chi connectivity index (χ2n) is 10.8. The molecule has 1 saturated heterocycles. The number of fused-ring (bicyclic) bond motifs is 1. The maximum Gasteiger partial charge on any atom is 0.233 e. The van der Waals surface area contributed by atoms with Crippen molar-refractivity contribution in [1.82, 2.24) is 19.9 Å². The Labute approximate surface area is 246 Å². The van der Waals surface area contributed by atoms with Crippen molar-refractivity contribution in [2.75, 3.05) is 39.5 Å². The van der Waals surface area contributed by atoms with Crippen LogP contribution in [0, 0.1) is 17.0 Å². The third-order valence-corrected chi connectivity index (χ3v) is 7.82. The van der Waals surface area contributed by atoms with Gasteiger partial charge in [-0.1, -0.05) is 18.2 Å². The van der Waals surface area contributed by atoms with Gasteiger partial charge in [0.1, 0.15) is 12.4 Å². The van der Waals surface area contributed by atoms with E-state index in [-0.39, 0.29) is 41.7 Å². The van der Waals surface area contributed by atoms with Crippen LogP contribution in [0.3, 0.4) is 0 Å². The van der Waals surface area contributed by atoms with Gasteiger partial charge in [0.25, 0.3) is 0 Å². The van der Waals surface area contributed by atoms with Crippen LogP contribution in [0.2, 0.25) is 0 Å². The summed E-state index contributed by atoms with van der Waals surface area (Å²) in [5, 5.41) is 0. The van der Waals surface area contributed by atoms with Crippen molar-refractivity contribution in [1.29, 1.82) is 0 Å². The van der Waals surface area contributed by atoms with Crippen LogP contribution in [0.4, 0.5) is 8.78 Å². The molecule has 1 aliphatic carbocycles. The molecule has 2 aromatic heterocycles. The van der Waals surface area contributed by atoms with Gasteiger partial charge in [-0.3, -0.25) is 14.5 Å². The van der Waals surface area contributed by atoms with Gasteiger partial charge in [0.05, 0.1) is 24.8 Å². The lowest BCUT2D eigenvalue weighted by Crippen LogP contribution is -2.38. The second kappa shape index (κ2) is 12.5. The molecule has 2 aromatic carbocycles. The summed E-state index contributed by atoms with van der Waals surface area (Å²) >= 11 is 0. The molecule has 9 nitrogen and oxygen atoms in total. The lowest BCUT2D eigenvalue weighted by molar-refractivity contribution is -0.133. The quantitative estimate of drug-likeness (QED) is 0.221. The highest BCUT2D eigenvalue weighted by atomic mass is 19.1. The molecule has 43 heavy (non-hydrogen) atoms. The minimum atomic E-state index is -1.06. The number of nitrogens with zero attached hydrogens (tertiary/aromatic N) is 4. The highest BCUT2D eigenvalue weighted by Gasteiger charge is 2.54. The van der Waals surface area contributed by atoms with E-state index in [0.29, 0.717) is 60.8 Å². The molecule has 2 fully saturated rings. The number of hydrogen-bond donors (Lipinski definition) is 0. The minimum absolute atomic E-state index is 0.0522. The Hall–Kier alpha value is -4.35. The lowest BCUT2D eigenvalue weighted by Gasteiger charge is -2.26. The molecule has 4 aromatic rings. The number of benzene rings is 2. The summed E-state index contributed by atoms with van der Waals surface area (Å²) in [5.74, 6) is -0.995. The van der Waals surface area contributed by atoms with E-state index < -0.39 is 11.2 Å². The average Bonchev–Trinajstić information content (AvgIpc) is 3.83. The topological polar surface area (TPSA) is 104 Å². The summed E-state index contributed by atoms with van der Waals surface area (Å²) in [6.45, 7) is 4.26. The van der Waals surface area contributed by atoms with Crippen LogP contribution in [0.1, 0.15) is 24.0 Å². The monoisotopic (exact) mass is 588 g/mol. The van der Waals surface area contributed by atoms with Crippen molar-refractivity contribution < 1.29 is 32.6 Å². The van der Waals surface area contributed by atoms with Crippen molar-refractivity contribution in [3.63, 3.8) is 0 Å². The molecule has 0 bridgehead atoms. The summed E-state index contributed by atoms with van der Waals surface area (Å²) in [6.07, 6.45) is 3.88. The molecule has 0 amide bonds. The van der Waals surface area contributed by atoms with E-state index in [0.717, 1.165) is 19.6 Å². The molecular formula is C32H30F2N4O5. The standard InChI is InChI=1S/C32H30F2N4O5/c33-23-4-1-21(2-5-23)18-27(39)32(8-9-32)28(40)19-22-3-6-25(24(34)17-22)43-26-7-10-35-31-30(26)37-29(20-36-31)42-16-13-38-11-14-41-15-12-38/h1-7,10,17,20H,8-9,11-16,18-19H2. The number of carbonyl (C=O) groups excluding carboxylic acids is 2. The maximum atomic E-state index is 15.2. The van der Waals surface area contributed by atoms with Crippen LogP contribution in [0.25, 0.3) is 11.2 Å². The van der Waals surface area contributed by atoms with Crippen LogP contribution in [-0.2, 0) is 27.2 Å². The number of Topliss-reactive ketones (excluding diaryl/α,β-unsaturated/α-hetero) is 2. The molecule has 1 aliphatic heterocycles. The number of aromatic nitrogens is 3. The van der Waals surface area contributed by atoms with Crippen molar-refractivity contribution in [2.24, 2.45) is 5.41 Å². The molecule has 11 heteroatoms. The molecule has 3 heterocycles. The number of rotatable bonds is 12. The molecule has 0 unspecified atom stereocenters. The Morgan fingerprint density at radius 3 is 2.35 bits per heavy atom. The summed E-state index contributed by atoms with van der Waals surface area (Å²) in [6, 6.07) is 11.5. The van der Waals surface area contributed by atoms with Gasteiger partial charge in [0.2, 0.25) is 5.88 Å². The number of carbonyl (C=O) groups is 2. The Morgan fingerprint density at radius 2 is 1.63 bits per heavy atom. The normalized spacial score (nSPS) is 16.1. The number of hydrogen-bond acceptors (Lipinski definition) is 9. The van der Waals surface area contributed by atoms with Gasteiger partial charge in [-0.05, 0) is 48.2 Å². The molecule has 1 saturated carbocycles. The third kappa shape index (κ3) is 6.68. The smallest absolute Gasteiger partial charge is 0.233 e. The molecule has 2 aliphatic rings. The molecule has 0 atom stereocenters. The van der Waals surface area contributed by atoms with Gasteiger partial charge in [-0.2, -0.15) is 0 Å². The van der Waals surface area contributed by atoms with Crippen LogP contribution < -0.4 is 9.47 Å². The van der Waals surface area contributed by atoms with Crippen molar-refractivity contribution in [2.45, 2.75) is 25.7 Å². The Balaban J connectivity index is 1.10. The first-order valence-corrected chi connectivity index (χ1v) is 14.2. The Bertz CT molecular complexity index is 1640. The first-order valence-electron chi connectivity index (χ1n) is 14.2. The van der Waals surface area contributed by atoms with E-state index in [4.69, 9.17) is 14.2 Å². The molecule has 0 spiro atoms. The fourth-order valence-electron chi connectivity index (χ4n) is 5.14. The molecule has 6 rings (SSSR count). The number of ketones is 2. The summed E-state index contributed by atoms with van der Waals surface area (Å²) in [4.78, 5) is 41.3. The number of pyridine rings is 1. The first kappa shape index (κ1) is 28.8. The SMILES string of the molecule is O=C(Cc1ccc(F)cc1)C1(C(=O)Cc2ccc(Oc3ccnc4ncc(OCCN5CCOCC5)nc34)c(F)c2)CC1. The summed E-state index contributed by atoms with van der Waals surface area (Å²) in [5.41, 5.74) is 0.668. The zero-order valence-corrected chi connectivity index (χ0v) is 23.4. The van der Waals surface area contributed by atoms with E-state index in [1.807, 2.05) is 0 Å². The van der Waals surface area contributed by atoms with Crippen molar-refractivity contribution >= 4 is 22.7 Å². The average molecular weight is 589 g/mol. The summed E-state index contributed by atoms with van der Waals surface area (Å²) in [7, 11) is 0. The highest BCUT2D eigenvalue weighted by Crippen LogP contribution is 2.49. The molecule has 0 radical (unpaired) electrons. The van der Waals surface area contributed by atoms with Gasteiger partial charge < -0.3 is 14.2 Å². The van der Waals surface area contributed by atoms with Gasteiger partial charge in [-0.25, -0.2) is 23.7 Å². The van der Waals surface area contributed by atoms with E-state index in [1.54, 1.807) is 24.3 Å². The molecular weight excluding hydrogens is 558 g/mol. The zero-order chi connectivity index (χ0) is 29.8. The zero-order valence-electron chi connectivity index (χ0n) is 23.4. The van der Waals surface area contributed by atoms with Gasteiger partial charge in [0.15, 0.2) is 40.0 Å². The van der Waals surface area contributed by atoms with Gasteiger partial charge >= 0.3 is 0 Å². The highest BCUT2D eigenvalue weighted by molar-refractivity contribution is 6.10. The fourth-order valence-corrected chi connectivity index (χ4v) is 5.14. The molecule has 0 N–H and O–H groups in total. The number of ether oxygens (including phenoxy) is 3. The van der Waals surface area contributed by atoms with Crippen LogP contribution in [-0.4, -0.2) is 70.9 Å². The van der Waals surface area contributed by atoms with Crippen LogP contribution >= 0.6 is 0 Å². The predicted molar refractivity (Wildman–Crippen MR) is 152 cm³/mol. The van der Waals surface area contributed by atoms with Crippen molar-refractivity contribution in [3.05, 3.63) is 83.7 Å². The second-order valence-corrected chi connectivity index (χ2v) is 10.8. The van der Waals surface area contributed by atoms with E-state index in [9.17, 15) is 14.0 Å². The predicted octanol–water partition coefficient (Wildman–Crippen LogP) is 4.51. The van der Waals surface area contributed by atoms with Gasteiger partial charge in [-0.15, -0.1) is 0 Å². The fraction of sp³-hybridized carbons (Fsp3) is 0.344. The van der Waals surface area contributed by atoms with E-state index in [1.165, 1.54) is 36.7 Å². The van der Waals surface area contributed by atoms with Crippen molar-refractivity contribution in [3.8, 4) is 17.4 Å². The number of morpholine rings is 1. The third-order valence-electron chi connectivity index (χ3n) is 7.82.